The SMILES string of the molecule is CNc1ccc2c(c1)C(C(c1ccccc1)(c1ccccc1)C1C=Cc3cc(C(C)C)ccc31)c1cc(NC)ccc1-2. The van der Waals surface area contributed by atoms with Crippen LogP contribution < -0.4 is 10.6 Å². The van der Waals surface area contributed by atoms with Gasteiger partial charge in [0, 0.05) is 42.7 Å². The third-order valence-corrected chi connectivity index (χ3v) is 9.62. The van der Waals surface area contributed by atoms with Crippen LogP contribution in [-0.2, 0) is 5.41 Å². The smallest absolute Gasteiger partial charge is 0.0415 e. The van der Waals surface area contributed by atoms with Crippen molar-refractivity contribution >= 4 is 17.5 Å². The van der Waals surface area contributed by atoms with Gasteiger partial charge in [0.15, 0.2) is 0 Å². The number of hydrogen-bond acceptors (Lipinski definition) is 2. The molecule has 7 rings (SSSR count). The fourth-order valence-corrected chi connectivity index (χ4v) is 7.61. The summed E-state index contributed by atoms with van der Waals surface area (Å²) in [4.78, 5) is 0. The lowest BCUT2D eigenvalue weighted by molar-refractivity contribution is 0.417. The van der Waals surface area contributed by atoms with Crippen molar-refractivity contribution in [1.29, 1.82) is 0 Å². The molecule has 1 unspecified atom stereocenters. The van der Waals surface area contributed by atoms with Crippen molar-refractivity contribution < 1.29 is 0 Å². The van der Waals surface area contributed by atoms with Crippen molar-refractivity contribution in [3.05, 3.63) is 160 Å². The Morgan fingerprint density at radius 2 is 1.14 bits per heavy atom. The van der Waals surface area contributed by atoms with Crippen molar-refractivity contribution in [3.8, 4) is 11.1 Å². The molecule has 42 heavy (non-hydrogen) atoms. The summed E-state index contributed by atoms with van der Waals surface area (Å²) in [6.45, 7) is 4.56. The van der Waals surface area contributed by atoms with E-state index in [-0.39, 0.29) is 11.8 Å². The van der Waals surface area contributed by atoms with E-state index >= 15 is 0 Å². The number of benzene rings is 5. The van der Waals surface area contributed by atoms with Crippen LogP contribution in [0.2, 0.25) is 0 Å². The highest BCUT2D eigenvalue weighted by Gasteiger charge is 2.53. The van der Waals surface area contributed by atoms with Crippen LogP contribution >= 0.6 is 0 Å². The number of fused-ring (bicyclic) bond motifs is 4. The lowest BCUT2D eigenvalue weighted by Gasteiger charge is -2.46. The van der Waals surface area contributed by atoms with E-state index in [2.05, 4.69) is 152 Å². The van der Waals surface area contributed by atoms with Crippen LogP contribution in [0.1, 0.15) is 70.5 Å². The zero-order valence-corrected chi connectivity index (χ0v) is 24.9. The Morgan fingerprint density at radius 1 is 0.595 bits per heavy atom. The first-order chi connectivity index (χ1) is 20.6. The summed E-state index contributed by atoms with van der Waals surface area (Å²) >= 11 is 0. The van der Waals surface area contributed by atoms with Gasteiger partial charge in [-0.25, -0.2) is 0 Å². The molecule has 2 aliphatic carbocycles. The van der Waals surface area contributed by atoms with Gasteiger partial charge in [0.25, 0.3) is 0 Å². The van der Waals surface area contributed by atoms with Gasteiger partial charge < -0.3 is 10.6 Å². The lowest BCUT2D eigenvalue weighted by Crippen LogP contribution is -2.40. The van der Waals surface area contributed by atoms with Crippen molar-refractivity contribution in [1.82, 2.24) is 0 Å². The number of anilines is 2. The summed E-state index contributed by atoms with van der Waals surface area (Å²) in [7, 11) is 4.03. The second-order valence-corrected chi connectivity index (χ2v) is 12.0. The molecule has 0 spiro atoms. The van der Waals surface area contributed by atoms with Crippen LogP contribution in [0.3, 0.4) is 0 Å². The molecule has 2 heteroatoms. The molecule has 0 amide bonds. The van der Waals surface area contributed by atoms with Crippen molar-refractivity contribution in [2.45, 2.75) is 37.0 Å². The van der Waals surface area contributed by atoms with E-state index in [0.717, 1.165) is 11.4 Å². The minimum atomic E-state index is -0.400. The quantitative estimate of drug-likeness (QED) is 0.212. The molecular weight excluding hydrogens is 508 g/mol. The second kappa shape index (κ2) is 10.4. The van der Waals surface area contributed by atoms with Crippen LogP contribution in [0.5, 0.6) is 0 Å². The third-order valence-electron chi connectivity index (χ3n) is 9.62. The van der Waals surface area contributed by atoms with Crippen molar-refractivity contribution in [2.24, 2.45) is 0 Å². The molecule has 2 N–H and O–H groups in total. The number of hydrogen-bond donors (Lipinski definition) is 2. The van der Waals surface area contributed by atoms with Gasteiger partial charge >= 0.3 is 0 Å². The fraction of sp³-hybridized carbons (Fsp3) is 0.200. The minimum Gasteiger partial charge on any atom is -0.388 e. The third kappa shape index (κ3) is 3.93. The van der Waals surface area contributed by atoms with Gasteiger partial charge in [-0.3, -0.25) is 0 Å². The first kappa shape index (κ1) is 26.3. The molecule has 1 atom stereocenters. The molecule has 0 bridgehead atoms. The van der Waals surface area contributed by atoms with Crippen LogP contribution in [0, 0.1) is 0 Å². The number of allylic oxidation sites excluding steroid dienone is 1. The Morgan fingerprint density at radius 3 is 1.64 bits per heavy atom. The Bertz CT molecular complexity index is 1690. The molecule has 0 fully saturated rings. The van der Waals surface area contributed by atoms with Gasteiger partial charge in [-0.15, -0.1) is 0 Å². The maximum absolute atomic E-state index is 3.43. The average Bonchev–Trinajstić information content (AvgIpc) is 3.61. The van der Waals surface area contributed by atoms with Crippen LogP contribution in [-0.4, -0.2) is 14.1 Å². The molecule has 208 valence electrons. The zero-order chi connectivity index (χ0) is 28.8. The normalized spacial score (nSPS) is 15.4. The van der Waals surface area contributed by atoms with E-state index < -0.39 is 5.41 Å². The van der Waals surface area contributed by atoms with Crippen LogP contribution in [0.4, 0.5) is 11.4 Å². The van der Waals surface area contributed by atoms with Gasteiger partial charge in [-0.05, 0) is 80.3 Å². The van der Waals surface area contributed by atoms with Crippen LogP contribution in [0.25, 0.3) is 17.2 Å². The van der Waals surface area contributed by atoms with E-state index in [1.807, 2.05) is 14.1 Å². The highest BCUT2D eigenvalue weighted by Crippen LogP contribution is 2.63. The molecular formula is C40H38N2. The predicted molar refractivity (Wildman–Crippen MR) is 179 cm³/mol. The molecule has 0 saturated carbocycles. The standard InChI is InChI=1S/C40H38N2/c1-26(2)27-15-19-33-28(23-27)16-22-38(33)40(29-11-7-5-8-12-29,30-13-9-6-10-14-30)39-36-24-31(41-3)17-20-34(36)35-21-18-32(42-4)25-37(35)39/h5-26,38-39,41-42H,1-4H3. The van der Waals surface area contributed by atoms with Gasteiger partial charge in [0.05, 0.1) is 0 Å². The van der Waals surface area contributed by atoms with E-state index in [1.54, 1.807) is 0 Å². The number of rotatable bonds is 7. The summed E-state index contributed by atoms with van der Waals surface area (Å²) in [5.74, 6) is 0.711. The Labute approximate surface area is 250 Å². The highest BCUT2D eigenvalue weighted by molar-refractivity contribution is 5.84. The molecule has 0 saturated heterocycles. The zero-order valence-electron chi connectivity index (χ0n) is 24.9. The molecule has 0 aromatic heterocycles. The molecule has 5 aromatic rings. The summed E-state index contributed by atoms with van der Waals surface area (Å²) < 4.78 is 0. The van der Waals surface area contributed by atoms with E-state index in [9.17, 15) is 0 Å². The first-order valence-corrected chi connectivity index (χ1v) is 15.1. The fourth-order valence-electron chi connectivity index (χ4n) is 7.61. The topological polar surface area (TPSA) is 24.1 Å². The molecule has 0 aliphatic heterocycles. The predicted octanol–water partition coefficient (Wildman–Crippen LogP) is 9.80. The highest BCUT2D eigenvalue weighted by atomic mass is 14.8. The molecule has 5 aromatic carbocycles. The number of nitrogens with one attached hydrogen (secondary N) is 2. The van der Waals surface area contributed by atoms with Crippen LogP contribution in [0.15, 0.2) is 121 Å². The Kier molecular flexibility index (Phi) is 6.50. The maximum atomic E-state index is 3.43. The van der Waals surface area contributed by atoms with E-state index in [1.165, 1.54) is 50.1 Å². The first-order valence-electron chi connectivity index (χ1n) is 15.1. The summed E-state index contributed by atoms with van der Waals surface area (Å²) in [5, 5.41) is 6.87. The van der Waals surface area contributed by atoms with Gasteiger partial charge in [0.1, 0.15) is 0 Å². The maximum Gasteiger partial charge on any atom is 0.0415 e. The van der Waals surface area contributed by atoms with Gasteiger partial charge in [0.2, 0.25) is 0 Å². The Hall–Kier alpha value is -4.56. The molecule has 2 aliphatic rings. The Balaban J connectivity index is 1.61. The summed E-state index contributed by atoms with van der Waals surface area (Å²) in [6.07, 6.45) is 4.85. The average molecular weight is 547 g/mol. The largest absolute Gasteiger partial charge is 0.388 e. The van der Waals surface area contributed by atoms with E-state index in [4.69, 9.17) is 0 Å². The van der Waals surface area contributed by atoms with Crippen molar-refractivity contribution in [2.75, 3.05) is 24.7 Å². The van der Waals surface area contributed by atoms with Crippen molar-refractivity contribution in [3.63, 3.8) is 0 Å². The second-order valence-electron chi connectivity index (χ2n) is 12.0. The van der Waals surface area contributed by atoms with E-state index in [0.29, 0.717) is 5.92 Å². The molecule has 0 radical (unpaired) electrons. The van der Waals surface area contributed by atoms with Gasteiger partial charge in [-0.2, -0.15) is 0 Å². The summed E-state index contributed by atoms with van der Waals surface area (Å²) in [6, 6.07) is 43.5. The summed E-state index contributed by atoms with van der Waals surface area (Å²) in [5.41, 5.74) is 14.1. The lowest BCUT2D eigenvalue weighted by atomic mass is 9.55. The van der Waals surface area contributed by atoms with Gasteiger partial charge in [-0.1, -0.05) is 117 Å². The molecule has 2 nitrogen and oxygen atoms in total. The molecule has 0 heterocycles. The minimum absolute atomic E-state index is 0.0827. The monoisotopic (exact) mass is 546 g/mol.